The zero-order chi connectivity index (χ0) is 14.9. The molecule has 0 aliphatic rings. The highest BCUT2D eigenvalue weighted by Gasteiger charge is 2.20. The molecular formula is C13H14ClN3O2S. The molecule has 2 rings (SSSR count). The molecule has 7 heteroatoms. The molecule has 1 aromatic carbocycles. The van der Waals surface area contributed by atoms with Crippen molar-refractivity contribution in [1.29, 1.82) is 0 Å². The molecule has 106 valence electrons. The SMILES string of the molecule is Cc1cc(C)c(S(=O)(=O)Nc2ccc(Cl)nn2)c(C)c1. The largest absolute Gasteiger partial charge is 0.263 e. The summed E-state index contributed by atoms with van der Waals surface area (Å²) in [7, 11) is -3.70. The van der Waals surface area contributed by atoms with Crippen molar-refractivity contribution in [2.45, 2.75) is 25.7 Å². The van der Waals surface area contributed by atoms with E-state index in [4.69, 9.17) is 11.6 Å². The van der Waals surface area contributed by atoms with Gasteiger partial charge in [0.25, 0.3) is 10.0 Å². The Kier molecular flexibility index (Phi) is 3.96. The Morgan fingerprint density at radius 2 is 1.65 bits per heavy atom. The second kappa shape index (κ2) is 5.38. The van der Waals surface area contributed by atoms with Crippen molar-refractivity contribution in [1.82, 2.24) is 10.2 Å². The van der Waals surface area contributed by atoms with Gasteiger partial charge in [0.15, 0.2) is 11.0 Å². The summed E-state index contributed by atoms with van der Waals surface area (Å²) in [6.45, 7) is 5.46. The highest BCUT2D eigenvalue weighted by atomic mass is 35.5. The predicted octanol–water partition coefficient (Wildman–Crippen LogP) is 2.86. The van der Waals surface area contributed by atoms with Crippen LogP contribution in [0.1, 0.15) is 16.7 Å². The number of halogens is 1. The van der Waals surface area contributed by atoms with Crippen LogP contribution in [0.3, 0.4) is 0 Å². The fourth-order valence-corrected chi connectivity index (χ4v) is 3.70. The molecule has 1 aromatic heterocycles. The van der Waals surface area contributed by atoms with Crippen molar-refractivity contribution in [3.05, 3.63) is 46.1 Å². The van der Waals surface area contributed by atoms with Crippen LogP contribution in [-0.4, -0.2) is 18.6 Å². The number of nitrogens with zero attached hydrogens (tertiary/aromatic N) is 2. The number of anilines is 1. The van der Waals surface area contributed by atoms with Crippen molar-refractivity contribution in [3.63, 3.8) is 0 Å². The molecule has 0 aliphatic heterocycles. The number of aryl methyl sites for hydroxylation is 3. The predicted molar refractivity (Wildman–Crippen MR) is 78.5 cm³/mol. The first-order valence-corrected chi connectivity index (χ1v) is 7.75. The van der Waals surface area contributed by atoms with E-state index in [0.717, 1.165) is 5.56 Å². The van der Waals surface area contributed by atoms with Crippen molar-refractivity contribution in [3.8, 4) is 0 Å². The van der Waals surface area contributed by atoms with E-state index in [0.29, 0.717) is 11.1 Å². The molecule has 20 heavy (non-hydrogen) atoms. The van der Waals surface area contributed by atoms with Gasteiger partial charge >= 0.3 is 0 Å². The quantitative estimate of drug-likeness (QED) is 0.946. The van der Waals surface area contributed by atoms with Crippen molar-refractivity contribution >= 4 is 27.4 Å². The van der Waals surface area contributed by atoms with E-state index in [1.807, 2.05) is 19.1 Å². The molecule has 0 bridgehead atoms. The Morgan fingerprint density at radius 1 is 1.05 bits per heavy atom. The van der Waals surface area contributed by atoms with Gasteiger partial charge in [0.1, 0.15) is 0 Å². The first-order chi connectivity index (χ1) is 9.29. The monoisotopic (exact) mass is 311 g/mol. The van der Waals surface area contributed by atoms with Crippen LogP contribution in [0, 0.1) is 20.8 Å². The molecule has 0 saturated carbocycles. The van der Waals surface area contributed by atoms with E-state index in [-0.39, 0.29) is 15.9 Å². The second-order valence-electron chi connectivity index (χ2n) is 4.57. The number of benzene rings is 1. The minimum Gasteiger partial charge on any atom is -0.262 e. The number of hydrogen-bond acceptors (Lipinski definition) is 4. The molecule has 0 aliphatic carbocycles. The maximum atomic E-state index is 12.4. The summed E-state index contributed by atoms with van der Waals surface area (Å²) in [5, 5.41) is 7.50. The summed E-state index contributed by atoms with van der Waals surface area (Å²) >= 11 is 5.62. The Bertz CT molecular complexity index is 720. The van der Waals surface area contributed by atoms with E-state index in [1.54, 1.807) is 13.8 Å². The standard InChI is InChI=1S/C13H14ClN3O2S/c1-8-6-9(2)13(10(3)7-8)20(18,19)17-12-5-4-11(14)15-16-12/h4-7H,1-3H3,(H,16,17). The molecule has 0 unspecified atom stereocenters. The van der Waals surface area contributed by atoms with Gasteiger partial charge in [-0.05, 0) is 44.0 Å². The zero-order valence-electron chi connectivity index (χ0n) is 11.3. The molecule has 0 spiro atoms. The lowest BCUT2D eigenvalue weighted by Gasteiger charge is -2.13. The Labute approximate surface area is 123 Å². The molecule has 0 atom stereocenters. The Hall–Kier alpha value is -1.66. The third-order valence-corrected chi connectivity index (χ3v) is 4.61. The Balaban J connectivity index is 2.43. The number of hydrogen-bond donors (Lipinski definition) is 1. The number of rotatable bonds is 3. The van der Waals surface area contributed by atoms with Crippen LogP contribution >= 0.6 is 11.6 Å². The summed E-state index contributed by atoms with van der Waals surface area (Å²) in [5.41, 5.74) is 2.40. The molecule has 1 heterocycles. The van der Waals surface area contributed by atoms with E-state index in [9.17, 15) is 8.42 Å². The molecule has 0 amide bonds. The normalized spacial score (nSPS) is 11.4. The molecule has 1 N–H and O–H groups in total. The van der Waals surface area contributed by atoms with Gasteiger partial charge in [-0.2, -0.15) is 0 Å². The zero-order valence-corrected chi connectivity index (χ0v) is 12.9. The van der Waals surface area contributed by atoms with Gasteiger partial charge in [0, 0.05) is 0 Å². The van der Waals surface area contributed by atoms with Crippen LogP contribution < -0.4 is 4.72 Å². The third kappa shape index (κ3) is 3.08. The van der Waals surface area contributed by atoms with Gasteiger partial charge in [-0.3, -0.25) is 4.72 Å². The summed E-state index contributed by atoms with van der Waals surface area (Å²) in [6, 6.07) is 6.59. The third-order valence-electron chi connectivity index (χ3n) is 2.74. The molecule has 5 nitrogen and oxygen atoms in total. The number of sulfonamides is 1. The topological polar surface area (TPSA) is 72.0 Å². The minimum absolute atomic E-state index is 0.133. The lowest BCUT2D eigenvalue weighted by Crippen LogP contribution is -2.17. The minimum atomic E-state index is -3.70. The molecular weight excluding hydrogens is 298 g/mol. The van der Waals surface area contributed by atoms with E-state index in [2.05, 4.69) is 14.9 Å². The number of nitrogens with one attached hydrogen (secondary N) is 1. The summed E-state index contributed by atoms with van der Waals surface area (Å²) in [5.74, 6) is 0.133. The van der Waals surface area contributed by atoms with Crippen LogP contribution in [0.15, 0.2) is 29.2 Å². The van der Waals surface area contributed by atoms with Gasteiger partial charge in [0.2, 0.25) is 0 Å². The van der Waals surface area contributed by atoms with Crippen molar-refractivity contribution in [2.24, 2.45) is 0 Å². The van der Waals surface area contributed by atoms with Gasteiger partial charge in [-0.1, -0.05) is 29.3 Å². The summed E-state index contributed by atoms with van der Waals surface area (Å²) < 4.78 is 27.3. The van der Waals surface area contributed by atoms with Crippen LogP contribution in [0.25, 0.3) is 0 Å². The second-order valence-corrected chi connectivity index (χ2v) is 6.58. The summed E-state index contributed by atoms with van der Waals surface area (Å²) in [6.07, 6.45) is 0. The summed E-state index contributed by atoms with van der Waals surface area (Å²) in [4.78, 5) is 0.264. The molecule has 0 radical (unpaired) electrons. The van der Waals surface area contributed by atoms with E-state index >= 15 is 0 Å². The van der Waals surface area contributed by atoms with E-state index in [1.165, 1.54) is 12.1 Å². The molecule has 0 fully saturated rings. The van der Waals surface area contributed by atoms with Crippen LogP contribution in [0.2, 0.25) is 5.15 Å². The first kappa shape index (κ1) is 14.7. The highest BCUT2D eigenvalue weighted by Crippen LogP contribution is 2.23. The van der Waals surface area contributed by atoms with Gasteiger partial charge in [0.05, 0.1) is 4.90 Å². The van der Waals surface area contributed by atoms with Crippen LogP contribution in [0.5, 0.6) is 0 Å². The van der Waals surface area contributed by atoms with Crippen LogP contribution in [0.4, 0.5) is 5.82 Å². The van der Waals surface area contributed by atoms with Gasteiger partial charge in [-0.25, -0.2) is 8.42 Å². The van der Waals surface area contributed by atoms with Crippen molar-refractivity contribution < 1.29 is 8.42 Å². The fraction of sp³-hybridized carbons (Fsp3) is 0.231. The van der Waals surface area contributed by atoms with E-state index < -0.39 is 10.0 Å². The lowest BCUT2D eigenvalue weighted by molar-refractivity contribution is 0.599. The average Bonchev–Trinajstić information content (AvgIpc) is 2.30. The average molecular weight is 312 g/mol. The van der Waals surface area contributed by atoms with Crippen LogP contribution in [-0.2, 0) is 10.0 Å². The maximum absolute atomic E-state index is 12.4. The van der Waals surface area contributed by atoms with Gasteiger partial charge in [-0.15, -0.1) is 10.2 Å². The van der Waals surface area contributed by atoms with Gasteiger partial charge < -0.3 is 0 Å². The number of aromatic nitrogens is 2. The first-order valence-electron chi connectivity index (χ1n) is 5.89. The van der Waals surface area contributed by atoms with Crippen molar-refractivity contribution in [2.75, 3.05) is 4.72 Å². The lowest BCUT2D eigenvalue weighted by atomic mass is 10.1. The molecule has 2 aromatic rings. The Morgan fingerprint density at radius 3 is 2.15 bits per heavy atom. The fourth-order valence-electron chi connectivity index (χ4n) is 2.15. The maximum Gasteiger partial charge on any atom is 0.263 e. The smallest absolute Gasteiger partial charge is 0.262 e. The molecule has 0 saturated heterocycles. The highest BCUT2D eigenvalue weighted by molar-refractivity contribution is 7.92.